The number of nitrogens with one attached hydrogen (secondary N) is 2. The normalized spacial score (nSPS) is 25.3. The van der Waals surface area contributed by atoms with Crippen molar-refractivity contribution in [1.29, 1.82) is 0 Å². The van der Waals surface area contributed by atoms with Gasteiger partial charge in [-0.05, 0) is 31.2 Å². The molecule has 16 heavy (non-hydrogen) atoms. The lowest BCUT2D eigenvalue weighted by Gasteiger charge is -2.25. The Kier molecular flexibility index (Phi) is 3.98. The third-order valence-corrected chi connectivity index (χ3v) is 3.85. The van der Waals surface area contributed by atoms with Gasteiger partial charge in [0.1, 0.15) is 5.69 Å². The molecule has 0 saturated heterocycles. The van der Waals surface area contributed by atoms with Crippen LogP contribution in [0.5, 0.6) is 0 Å². The van der Waals surface area contributed by atoms with Crippen LogP contribution < -0.4 is 5.32 Å². The van der Waals surface area contributed by atoms with Crippen LogP contribution >= 0.6 is 15.9 Å². The highest BCUT2D eigenvalue weighted by Crippen LogP contribution is 2.28. The van der Waals surface area contributed by atoms with E-state index in [2.05, 4.69) is 31.4 Å². The fourth-order valence-electron chi connectivity index (χ4n) is 2.13. The van der Waals surface area contributed by atoms with Crippen LogP contribution in [0.1, 0.15) is 36.2 Å². The maximum absolute atomic E-state index is 11.6. The molecule has 0 radical (unpaired) electrons. The van der Waals surface area contributed by atoms with Gasteiger partial charge in [-0.25, -0.2) is 0 Å². The Morgan fingerprint density at radius 1 is 1.62 bits per heavy atom. The number of nitrogens with zero attached hydrogens (tertiary/aromatic N) is 1. The number of rotatable bonds is 3. The molecule has 1 heterocycles. The van der Waals surface area contributed by atoms with Crippen molar-refractivity contribution in [1.82, 2.24) is 15.5 Å². The molecular formula is C11H16BrN3O. The molecule has 1 aliphatic rings. The maximum Gasteiger partial charge on any atom is 0.269 e. The van der Waals surface area contributed by atoms with Gasteiger partial charge < -0.3 is 5.32 Å². The number of hydrogen-bond donors (Lipinski definition) is 2. The Labute approximate surface area is 103 Å². The quantitative estimate of drug-likeness (QED) is 0.836. The lowest BCUT2D eigenvalue weighted by atomic mass is 9.89. The van der Waals surface area contributed by atoms with E-state index >= 15 is 0 Å². The van der Waals surface area contributed by atoms with Gasteiger partial charge in [-0.1, -0.05) is 22.4 Å². The summed E-state index contributed by atoms with van der Waals surface area (Å²) in [5, 5.41) is 9.36. The molecule has 4 nitrogen and oxygen atoms in total. The van der Waals surface area contributed by atoms with Crippen molar-refractivity contribution in [2.45, 2.75) is 30.5 Å². The minimum absolute atomic E-state index is 0.0609. The van der Waals surface area contributed by atoms with Gasteiger partial charge in [-0.3, -0.25) is 9.89 Å². The van der Waals surface area contributed by atoms with Gasteiger partial charge >= 0.3 is 0 Å². The number of aromatic nitrogens is 2. The molecule has 88 valence electrons. The van der Waals surface area contributed by atoms with Crippen molar-refractivity contribution < 1.29 is 4.79 Å². The van der Waals surface area contributed by atoms with Crippen LogP contribution in [-0.2, 0) is 0 Å². The topological polar surface area (TPSA) is 57.8 Å². The summed E-state index contributed by atoms with van der Waals surface area (Å²) in [5.41, 5.74) is 0.534. The highest BCUT2D eigenvalue weighted by Gasteiger charge is 2.20. The first kappa shape index (κ1) is 11.6. The number of aromatic amines is 1. The fraction of sp³-hybridized carbons (Fsp3) is 0.636. The largest absolute Gasteiger partial charge is 0.350 e. The molecule has 1 amide bonds. The SMILES string of the molecule is O=C(NCC1CCCC(Br)C1)c1ccn[nH]1. The zero-order valence-corrected chi connectivity index (χ0v) is 10.7. The van der Waals surface area contributed by atoms with Crippen molar-refractivity contribution in [3.8, 4) is 0 Å². The van der Waals surface area contributed by atoms with E-state index < -0.39 is 0 Å². The van der Waals surface area contributed by atoms with Gasteiger partial charge in [0.25, 0.3) is 5.91 Å². The number of carbonyl (C=O) groups excluding carboxylic acids is 1. The van der Waals surface area contributed by atoms with E-state index in [1.807, 2.05) is 0 Å². The first-order valence-corrected chi connectivity index (χ1v) is 6.59. The highest BCUT2D eigenvalue weighted by atomic mass is 79.9. The Hall–Kier alpha value is -0.840. The van der Waals surface area contributed by atoms with Crippen molar-refractivity contribution >= 4 is 21.8 Å². The number of halogens is 1. The molecule has 2 rings (SSSR count). The molecule has 2 atom stereocenters. The summed E-state index contributed by atoms with van der Waals surface area (Å²) in [5.74, 6) is 0.541. The van der Waals surface area contributed by atoms with Crippen LogP contribution in [0.25, 0.3) is 0 Å². The van der Waals surface area contributed by atoms with Crippen LogP contribution in [0.4, 0.5) is 0 Å². The molecule has 1 aromatic heterocycles. The van der Waals surface area contributed by atoms with E-state index in [1.165, 1.54) is 19.3 Å². The number of alkyl halides is 1. The van der Waals surface area contributed by atoms with Crippen LogP contribution in [-0.4, -0.2) is 27.5 Å². The second-order valence-corrected chi connectivity index (χ2v) is 5.61. The number of amides is 1. The second kappa shape index (κ2) is 5.48. The van der Waals surface area contributed by atoms with Crippen molar-refractivity contribution in [3.63, 3.8) is 0 Å². The third-order valence-electron chi connectivity index (χ3n) is 3.02. The van der Waals surface area contributed by atoms with Gasteiger partial charge in [0.2, 0.25) is 0 Å². The van der Waals surface area contributed by atoms with Crippen LogP contribution in [0, 0.1) is 5.92 Å². The third kappa shape index (κ3) is 3.07. The molecule has 0 spiro atoms. The monoisotopic (exact) mass is 285 g/mol. The number of H-pyrrole nitrogens is 1. The van der Waals surface area contributed by atoms with E-state index in [0.717, 1.165) is 13.0 Å². The maximum atomic E-state index is 11.6. The van der Waals surface area contributed by atoms with Gasteiger partial charge in [-0.2, -0.15) is 5.10 Å². The van der Waals surface area contributed by atoms with E-state index in [1.54, 1.807) is 12.3 Å². The molecule has 5 heteroatoms. The molecule has 0 aliphatic heterocycles. The zero-order valence-electron chi connectivity index (χ0n) is 9.08. The average molecular weight is 286 g/mol. The first-order valence-electron chi connectivity index (χ1n) is 5.67. The van der Waals surface area contributed by atoms with Crippen LogP contribution in [0.2, 0.25) is 0 Å². The van der Waals surface area contributed by atoms with Crippen LogP contribution in [0.3, 0.4) is 0 Å². The Morgan fingerprint density at radius 2 is 2.50 bits per heavy atom. The first-order chi connectivity index (χ1) is 7.75. The summed E-state index contributed by atoms with van der Waals surface area (Å²) in [6.45, 7) is 0.764. The van der Waals surface area contributed by atoms with E-state index in [-0.39, 0.29) is 5.91 Å². The lowest BCUT2D eigenvalue weighted by molar-refractivity contribution is 0.0939. The molecule has 0 aromatic carbocycles. The summed E-state index contributed by atoms with van der Waals surface area (Å²) in [6.07, 6.45) is 6.46. The molecule has 0 bridgehead atoms. The Bertz CT molecular complexity index is 339. The number of hydrogen-bond acceptors (Lipinski definition) is 2. The van der Waals surface area contributed by atoms with Gasteiger partial charge in [0, 0.05) is 17.6 Å². The van der Waals surface area contributed by atoms with Crippen molar-refractivity contribution in [2.75, 3.05) is 6.54 Å². The molecule has 1 saturated carbocycles. The average Bonchev–Trinajstić information content (AvgIpc) is 2.79. The Morgan fingerprint density at radius 3 is 3.19 bits per heavy atom. The van der Waals surface area contributed by atoms with E-state index in [9.17, 15) is 4.79 Å². The molecule has 1 aliphatic carbocycles. The van der Waals surface area contributed by atoms with Crippen molar-refractivity contribution in [3.05, 3.63) is 18.0 Å². The summed E-state index contributed by atoms with van der Waals surface area (Å²) < 4.78 is 0. The predicted molar refractivity (Wildman–Crippen MR) is 65.6 cm³/mol. The van der Waals surface area contributed by atoms with Crippen LogP contribution in [0.15, 0.2) is 12.3 Å². The summed E-state index contributed by atoms with van der Waals surface area (Å²) in [6, 6.07) is 1.68. The zero-order chi connectivity index (χ0) is 11.4. The minimum atomic E-state index is -0.0609. The highest BCUT2D eigenvalue weighted by molar-refractivity contribution is 9.09. The smallest absolute Gasteiger partial charge is 0.269 e. The molecule has 1 aromatic rings. The minimum Gasteiger partial charge on any atom is -0.350 e. The van der Waals surface area contributed by atoms with Gasteiger partial charge in [0.05, 0.1) is 0 Å². The van der Waals surface area contributed by atoms with Crippen molar-refractivity contribution in [2.24, 2.45) is 5.92 Å². The molecule has 2 N–H and O–H groups in total. The predicted octanol–water partition coefficient (Wildman–Crippen LogP) is 2.09. The second-order valence-electron chi connectivity index (χ2n) is 4.31. The van der Waals surface area contributed by atoms with Gasteiger partial charge in [0.15, 0.2) is 0 Å². The van der Waals surface area contributed by atoms with Gasteiger partial charge in [-0.15, -0.1) is 0 Å². The number of carbonyl (C=O) groups is 1. The summed E-state index contributed by atoms with van der Waals surface area (Å²) in [7, 11) is 0. The molecule has 1 fully saturated rings. The standard InChI is InChI=1S/C11H16BrN3O/c12-9-3-1-2-8(6-9)7-13-11(16)10-4-5-14-15-10/h4-5,8-9H,1-3,6-7H2,(H,13,16)(H,14,15). The Balaban J connectivity index is 1.77. The lowest BCUT2D eigenvalue weighted by Crippen LogP contribution is -2.32. The molecule has 2 unspecified atom stereocenters. The summed E-state index contributed by atoms with van der Waals surface area (Å²) in [4.78, 5) is 12.3. The van der Waals surface area contributed by atoms with E-state index in [4.69, 9.17) is 0 Å². The summed E-state index contributed by atoms with van der Waals surface area (Å²) >= 11 is 3.65. The molecular weight excluding hydrogens is 270 g/mol. The fourth-order valence-corrected chi connectivity index (χ4v) is 2.98. The van der Waals surface area contributed by atoms with E-state index in [0.29, 0.717) is 16.4 Å².